The third-order valence-electron chi connectivity index (χ3n) is 3.41. The first-order valence-electron chi connectivity index (χ1n) is 6.45. The molecule has 96 valence electrons. The van der Waals surface area contributed by atoms with Gasteiger partial charge in [0.25, 0.3) is 0 Å². The van der Waals surface area contributed by atoms with Crippen molar-refractivity contribution in [3.05, 3.63) is 47.5 Å². The molecule has 0 radical (unpaired) electrons. The van der Waals surface area contributed by atoms with E-state index in [4.69, 9.17) is 0 Å². The SMILES string of the molecule is Cc1cccc(C)c1-[n+]1cc(C(C)(C)C)n(C)c1. The molecule has 2 heteroatoms. The zero-order valence-electron chi connectivity index (χ0n) is 12.3. The Labute approximate surface area is 110 Å². The van der Waals surface area contributed by atoms with E-state index in [2.05, 4.69) is 81.5 Å². The Hall–Kier alpha value is -1.57. The van der Waals surface area contributed by atoms with E-state index in [9.17, 15) is 0 Å². The molecule has 0 saturated heterocycles. The van der Waals surface area contributed by atoms with Crippen molar-refractivity contribution < 1.29 is 4.57 Å². The fraction of sp³-hybridized carbons (Fsp3) is 0.438. The molecular weight excluding hydrogens is 220 g/mol. The van der Waals surface area contributed by atoms with E-state index in [0.717, 1.165) is 0 Å². The second-order valence-electron chi connectivity index (χ2n) is 6.14. The van der Waals surface area contributed by atoms with Crippen LogP contribution in [0.4, 0.5) is 0 Å². The summed E-state index contributed by atoms with van der Waals surface area (Å²) in [7, 11) is 2.12. The topological polar surface area (TPSA) is 8.81 Å². The Morgan fingerprint density at radius 1 is 1.06 bits per heavy atom. The van der Waals surface area contributed by atoms with Crippen LogP contribution in [0.2, 0.25) is 0 Å². The highest BCUT2D eigenvalue weighted by Crippen LogP contribution is 2.21. The number of rotatable bonds is 1. The van der Waals surface area contributed by atoms with Crippen molar-refractivity contribution in [1.82, 2.24) is 4.57 Å². The molecule has 0 saturated carbocycles. The molecule has 1 aromatic carbocycles. The van der Waals surface area contributed by atoms with Gasteiger partial charge in [0, 0.05) is 5.41 Å². The van der Waals surface area contributed by atoms with Gasteiger partial charge < -0.3 is 0 Å². The minimum atomic E-state index is 0.163. The van der Waals surface area contributed by atoms with Crippen molar-refractivity contribution in [3.8, 4) is 5.69 Å². The lowest BCUT2D eigenvalue weighted by atomic mass is 9.93. The van der Waals surface area contributed by atoms with Gasteiger partial charge in [0.1, 0.15) is 17.6 Å². The number of para-hydroxylation sites is 1. The van der Waals surface area contributed by atoms with E-state index in [1.54, 1.807) is 0 Å². The second-order valence-corrected chi connectivity index (χ2v) is 6.14. The summed E-state index contributed by atoms with van der Waals surface area (Å²) in [5.74, 6) is 0. The van der Waals surface area contributed by atoms with Crippen LogP contribution in [0.25, 0.3) is 5.69 Å². The molecule has 18 heavy (non-hydrogen) atoms. The fourth-order valence-corrected chi connectivity index (χ4v) is 2.56. The van der Waals surface area contributed by atoms with Crippen LogP contribution >= 0.6 is 0 Å². The summed E-state index contributed by atoms with van der Waals surface area (Å²) >= 11 is 0. The van der Waals surface area contributed by atoms with Gasteiger partial charge in [0.05, 0.1) is 7.05 Å². The number of hydrogen-bond donors (Lipinski definition) is 0. The quantitative estimate of drug-likeness (QED) is 0.680. The van der Waals surface area contributed by atoms with Crippen molar-refractivity contribution in [2.24, 2.45) is 7.05 Å². The number of benzene rings is 1. The molecule has 1 aromatic heterocycles. The Morgan fingerprint density at radius 3 is 2.06 bits per heavy atom. The van der Waals surface area contributed by atoms with Gasteiger partial charge >= 0.3 is 0 Å². The van der Waals surface area contributed by atoms with Crippen molar-refractivity contribution >= 4 is 0 Å². The van der Waals surface area contributed by atoms with Crippen LogP contribution in [0, 0.1) is 13.8 Å². The van der Waals surface area contributed by atoms with Crippen LogP contribution in [0.1, 0.15) is 37.6 Å². The summed E-state index contributed by atoms with van der Waals surface area (Å²) in [6.07, 6.45) is 4.41. The zero-order valence-corrected chi connectivity index (χ0v) is 12.3. The largest absolute Gasteiger partial charge is 0.249 e. The van der Waals surface area contributed by atoms with E-state index >= 15 is 0 Å². The van der Waals surface area contributed by atoms with Crippen LogP contribution in [0.5, 0.6) is 0 Å². The first-order chi connectivity index (χ1) is 8.30. The fourth-order valence-electron chi connectivity index (χ4n) is 2.56. The van der Waals surface area contributed by atoms with Crippen molar-refractivity contribution in [3.63, 3.8) is 0 Å². The molecule has 0 aliphatic heterocycles. The maximum absolute atomic E-state index is 2.25. The Kier molecular flexibility index (Phi) is 3.05. The van der Waals surface area contributed by atoms with E-state index in [1.165, 1.54) is 22.5 Å². The maximum atomic E-state index is 2.25. The zero-order chi connectivity index (χ0) is 13.5. The summed E-state index contributed by atoms with van der Waals surface area (Å²) < 4.78 is 4.46. The molecule has 0 bridgehead atoms. The Bertz CT molecular complexity index is 551. The lowest BCUT2D eigenvalue weighted by molar-refractivity contribution is -0.596. The Balaban J connectivity index is 2.60. The summed E-state index contributed by atoms with van der Waals surface area (Å²) in [6, 6.07) is 6.44. The van der Waals surface area contributed by atoms with E-state index in [1.807, 2.05) is 0 Å². The van der Waals surface area contributed by atoms with Gasteiger partial charge in [-0.25, -0.2) is 9.13 Å². The van der Waals surface area contributed by atoms with E-state index < -0.39 is 0 Å². The monoisotopic (exact) mass is 243 g/mol. The highest BCUT2D eigenvalue weighted by Gasteiger charge is 2.25. The number of nitrogens with zero attached hydrogens (tertiary/aromatic N) is 2. The first kappa shape index (κ1) is 12.9. The van der Waals surface area contributed by atoms with E-state index in [0.29, 0.717) is 0 Å². The van der Waals surface area contributed by atoms with Crippen molar-refractivity contribution in [1.29, 1.82) is 0 Å². The van der Waals surface area contributed by atoms with Crippen LogP contribution in [-0.4, -0.2) is 4.57 Å². The summed E-state index contributed by atoms with van der Waals surface area (Å²) in [5.41, 5.74) is 5.42. The number of aryl methyl sites for hydroxylation is 3. The molecule has 2 aromatic rings. The van der Waals surface area contributed by atoms with Gasteiger partial charge in [0.15, 0.2) is 0 Å². The summed E-state index contributed by atoms with van der Waals surface area (Å²) in [5, 5.41) is 0. The molecule has 0 atom stereocenters. The van der Waals surface area contributed by atoms with Crippen LogP contribution in [0.3, 0.4) is 0 Å². The molecular formula is C16H23N2+. The van der Waals surface area contributed by atoms with Gasteiger partial charge in [-0.1, -0.05) is 39.0 Å². The molecule has 0 aliphatic carbocycles. The second kappa shape index (κ2) is 4.27. The van der Waals surface area contributed by atoms with Gasteiger partial charge in [-0.05, 0) is 25.0 Å². The molecule has 0 fully saturated rings. The maximum Gasteiger partial charge on any atom is 0.249 e. The van der Waals surface area contributed by atoms with Crippen LogP contribution < -0.4 is 4.57 Å². The molecule has 0 spiro atoms. The smallest absolute Gasteiger partial charge is 0.236 e. The highest BCUT2D eigenvalue weighted by atomic mass is 15.1. The van der Waals surface area contributed by atoms with Gasteiger partial charge in [0.2, 0.25) is 6.33 Å². The first-order valence-corrected chi connectivity index (χ1v) is 6.45. The molecule has 2 rings (SSSR count). The minimum absolute atomic E-state index is 0.163. The van der Waals surface area contributed by atoms with E-state index in [-0.39, 0.29) is 5.41 Å². The van der Waals surface area contributed by atoms with Gasteiger partial charge in [-0.15, -0.1) is 0 Å². The molecule has 0 N–H and O–H groups in total. The minimum Gasteiger partial charge on any atom is -0.236 e. The van der Waals surface area contributed by atoms with Crippen molar-refractivity contribution in [2.45, 2.75) is 40.0 Å². The molecule has 1 heterocycles. The molecule has 0 amide bonds. The van der Waals surface area contributed by atoms with Crippen molar-refractivity contribution in [2.75, 3.05) is 0 Å². The number of aromatic nitrogens is 2. The normalized spacial score (nSPS) is 11.9. The predicted octanol–water partition coefficient (Wildman–Crippen LogP) is 3.22. The van der Waals surface area contributed by atoms with Gasteiger partial charge in [-0.2, -0.15) is 0 Å². The highest BCUT2D eigenvalue weighted by molar-refractivity contribution is 5.40. The predicted molar refractivity (Wildman–Crippen MR) is 75.1 cm³/mol. The third kappa shape index (κ3) is 2.20. The average Bonchev–Trinajstić information content (AvgIpc) is 2.59. The lowest BCUT2D eigenvalue weighted by Gasteiger charge is -2.13. The third-order valence-corrected chi connectivity index (χ3v) is 3.41. The standard InChI is InChI=1S/C16H23N2/c1-12-8-7-9-13(2)15(12)18-10-14(16(3,4)5)17(6)11-18/h7-11H,1-6H3/q+1. The average molecular weight is 243 g/mol. The molecule has 2 nitrogen and oxygen atoms in total. The summed E-state index contributed by atoms with van der Waals surface area (Å²) in [6.45, 7) is 11.1. The Morgan fingerprint density at radius 2 is 1.61 bits per heavy atom. The van der Waals surface area contributed by atoms with Crippen LogP contribution in [0.15, 0.2) is 30.7 Å². The molecule has 0 unspecified atom stereocenters. The molecule has 0 aliphatic rings. The van der Waals surface area contributed by atoms with Crippen LogP contribution in [-0.2, 0) is 12.5 Å². The number of hydrogen-bond acceptors (Lipinski definition) is 0. The van der Waals surface area contributed by atoms with Gasteiger partial charge in [-0.3, -0.25) is 0 Å². The summed E-state index contributed by atoms with van der Waals surface area (Å²) in [4.78, 5) is 0. The number of imidazole rings is 1. The lowest BCUT2D eigenvalue weighted by Crippen LogP contribution is -2.30.